The van der Waals surface area contributed by atoms with Crippen LogP contribution in [-0.4, -0.2) is 33.4 Å². The first kappa shape index (κ1) is 15.3. The molecule has 1 aromatic rings. The predicted molar refractivity (Wildman–Crippen MR) is 78.6 cm³/mol. The maximum atomic E-state index is 6.03. The summed E-state index contributed by atoms with van der Waals surface area (Å²) < 4.78 is 5.57. The van der Waals surface area contributed by atoms with Gasteiger partial charge in [-0.3, -0.25) is 0 Å². The lowest BCUT2D eigenvalue weighted by molar-refractivity contribution is 0.0846. The number of ether oxygens (including phenoxy) is 1. The maximum Gasteiger partial charge on any atom is 0.0644 e. The van der Waals surface area contributed by atoms with E-state index >= 15 is 0 Å². The van der Waals surface area contributed by atoms with Gasteiger partial charge in [0, 0.05) is 30.8 Å². The molecule has 0 heterocycles. The standard InChI is InChI=1S/C14H23ClN2O/c1-11(2)18-8-7-17(4)14-6-5-13(15)9-12(14)10-16-3/h5-6,9,11,16H,7-8,10H2,1-4H3. The van der Waals surface area contributed by atoms with E-state index in [-0.39, 0.29) is 6.10 Å². The number of hydrogen-bond acceptors (Lipinski definition) is 3. The lowest BCUT2D eigenvalue weighted by Gasteiger charge is -2.23. The molecule has 1 rings (SSSR count). The topological polar surface area (TPSA) is 24.5 Å². The van der Waals surface area contributed by atoms with E-state index in [1.54, 1.807) is 0 Å². The van der Waals surface area contributed by atoms with Crippen molar-refractivity contribution in [3.63, 3.8) is 0 Å². The van der Waals surface area contributed by atoms with Crippen LogP contribution in [0.15, 0.2) is 18.2 Å². The van der Waals surface area contributed by atoms with Crippen molar-refractivity contribution in [2.45, 2.75) is 26.5 Å². The fourth-order valence-corrected chi connectivity index (χ4v) is 2.00. The van der Waals surface area contributed by atoms with Crippen LogP contribution in [0.3, 0.4) is 0 Å². The second-order valence-corrected chi connectivity index (χ2v) is 5.08. The first-order valence-corrected chi connectivity index (χ1v) is 6.68. The third-order valence-electron chi connectivity index (χ3n) is 2.70. The van der Waals surface area contributed by atoms with Crippen molar-refractivity contribution in [3.05, 3.63) is 28.8 Å². The summed E-state index contributed by atoms with van der Waals surface area (Å²) in [4.78, 5) is 2.20. The minimum absolute atomic E-state index is 0.278. The van der Waals surface area contributed by atoms with Gasteiger partial charge in [0.05, 0.1) is 12.7 Å². The average molecular weight is 271 g/mol. The minimum Gasteiger partial charge on any atom is -0.377 e. The molecule has 0 aliphatic rings. The van der Waals surface area contributed by atoms with Crippen LogP contribution in [0.1, 0.15) is 19.4 Å². The Bertz CT molecular complexity index is 369. The van der Waals surface area contributed by atoms with Crippen LogP contribution in [0.25, 0.3) is 0 Å². The van der Waals surface area contributed by atoms with Gasteiger partial charge in [-0.05, 0) is 44.7 Å². The molecule has 1 aromatic carbocycles. The predicted octanol–water partition coefficient (Wildman–Crippen LogP) is 2.92. The number of nitrogens with zero attached hydrogens (tertiary/aromatic N) is 1. The van der Waals surface area contributed by atoms with Crippen molar-refractivity contribution < 1.29 is 4.74 Å². The molecule has 0 saturated heterocycles. The van der Waals surface area contributed by atoms with E-state index in [4.69, 9.17) is 16.3 Å². The van der Waals surface area contributed by atoms with Crippen LogP contribution in [0, 0.1) is 0 Å². The van der Waals surface area contributed by atoms with Gasteiger partial charge in [-0.2, -0.15) is 0 Å². The van der Waals surface area contributed by atoms with E-state index in [9.17, 15) is 0 Å². The number of anilines is 1. The Morgan fingerprint density at radius 3 is 2.72 bits per heavy atom. The Kier molecular flexibility index (Phi) is 6.47. The number of rotatable bonds is 7. The van der Waals surface area contributed by atoms with Crippen LogP contribution >= 0.6 is 11.6 Å². The van der Waals surface area contributed by atoms with Crippen molar-refractivity contribution in [1.29, 1.82) is 0 Å². The molecular formula is C14H23ClN2O. The summed E-state index contributed by atoms with van der Waals surface area (Å²) in [6.45, 7) is 6.51. The largest absolute Gasteiger partial charge is 0.377 e. The second kappa shape index (κ2) is 7.62. The third kappa shape index (κ3) is 4.84. The highest BCUT2D eigenvalue weighted by Gasteiger charge is 2.08. The van der Waals surface area contributed by atoms with Crippen molar-refractivity contribution in [2.24, 2.45) is 0 Å². The molecule has 0 amide bonds. The molecule has 102 valence electrons. The molecule has 0 bridgehead atoms. The first-order valence-electron chi connectivity index (χ1n) is 6.30. The Labute approximate surface area is 115 Å². The summed E-state index contributed by atoms with van der Waals surface area (Å²) in [5, 5.41) is 3.94. The molecule has 0 saturated carbocycles. The fourth-order valence-electron chi connectivity index (χ4n) is 1.80. The molecule has 0 aliphatic heterocycles. The molecule has 0 spiro atoms. The lowest BCUT2D eigenvalue weighted by Crippen LogP contribution is -2.25. The smallest absolute Gasteiger partial charge is 0.0644 e. The van der Waals surface area contributed by atoms with E-state index < -0.39 is 0 Å². The lowest BCUT2D eigenvalue weighted by atomic mass is 10.1. The molecule has 0 atom stereocenters. The molecule has 1 N–H and O–H groups in total. The monoisotopic (exact) mass is 270 g/mol. The Balaban J connectivity index is 2.68. The highest BCUT2D eigenvalue weighted by Crippen LogP contribution is 2.23. The second-order valence-electron chi connectivity index (χ2n) is 4.64. The molecule has 0 aliphatic carbocycles. The minimum atomic E-state index is 0.278. The van der Waals surface area contributed by atoms with E-state index in [1.165, 1.54) is 11.3 Å². The van der Waals surface area contributed by atoms with Crippen LogP contribution in [0.4, 0.5) is 5.69 Å². The highest BCUT2D eigenvalue weighted by atomic mass is 35.5. The van der Waals surface area contributed by atoms with Gasteiger partial charge >= 0.3 is 0 Å². The normalized spacial score (nSPS) is 11.0. The van der Waals surface area contributed by atoms with E-state index in [2.05, 4.69) is 37.2 Å². The zero-order chi connectivity index (χ0) is 13.5. The number of nitrogens with one attached hydrogen (secondary N) is 1. The Hall–Kier alpha value is -0.770. The highest BCUT2D eigenvalue weighted by molar-refractivity contribution is 6.30. The molecule has 0 radical (unpaired) electrons. The maximum absolute atomic E-state index is 6.03. The SMILES string of the molecule is CNCc1cc(Cl)ccc1N(C)CCOC(C)C. The summed E-state index contributed by atoms with van der Waals surface area (Å²) in [5.41, 5.74) is 2.40. The Morgan fingerprint density at radius 1 is 1.39 bits per heavy atom. The molecular weight excluding hydrogens is 248 g/mol. The average Bonchev–Trinajstić information content (AvgIpc) is 2.29. The summed E-state index contributed by atoms with van der Waals surface area (Å²) in [7, 11) is 4.01. The van der Waals surface area contributed by atoms with E-state index in [0.717, 1.165) is 24.7 Å². The van der Waals surface area contributed by atoms with Crippen LogP contribution in [0.2, 0.25) is 5.02 Å². The van der Waals surface area contributed by atoms with Gasteiger partial charge in [-0.15, -0.1) is 0 Å². The molecule has 0 aromatic heterocycles. The molecule has 0 unspecified atom stereocenters. The summed E-state index contributed by atoms with van der Waals surface area (Å²) >= 11 is 6.03. The van der Waals surface area contributed by atoms with Crippen molar-refractivity contribution >= 4 is 17.3 Å². The van der Waals surface area contributed by atoms with E-state index in [1.807, 2.05) is 19.2 Å². The number of likely N-dealkylation sites (N-methyl/N-ethyl adjacent to an activating group) is 1. The molecule has 0 fully saturated rings. The number of hydrogen-bond donors (Lipinski definition) is 1. The summed E-state index contributed by atoms with van der Waals surface area (Å²) in [5.74, 6) is 0. The zero-order valence-corrected chi connectivity index (χ0v) is 12.4. The summed E-state index contributed by atoms with van der Waals surface area (Å²) in [6, 6.07) is 5.99. The first-order chi connectivity index (χ1) is 8.54. The van der Waals surface area contributed by atoms with Gasteiger partial charge < -0.3 is 15.0 Å². The van der Waals surface area contributed by atoms with E-state index in [0.29, 0.717) is 0 Å². The van der Waals surface area contributed by atoms with Gasteiger partial charge in [0.15, 0.2) is 0 Å². The summed E-state index contributed by atoms with van der Waals surface area (Å²) in [6.07, 6.45) is 0.278. The van der Waals surface area contributed by atoms with Crippen molar-refractivity contribution in [3.8, 4) is 0 Å². The third-order valence-corrected chi connectivity index (χ3v) is 2.93. The molecule has 3 nitrogen and oxygen atoms in total. The van der Waals surface area contributed by atoms with Gasteiger partial charge in [0.25, 0.3) is 0 Å². The molecule has 4 heteroatoms. The van der Waals surface area contributed by atoms with Gasteiger partial charge in [-0.25, -0.2) is 0 Å². The number of halogens is 1. The number of benzene rings is 1. The van der Waals surface area contributed by atoms with Crippen LogP contribution < -0.4 is 10.2 Å². The van der Waals surface area contributed by atoms with Crippen LogP contribution in [0.5, 0.6) is 0 Å². The molecule has 18 heavy (non-hydrogen) atoms. The zero-order valence-electron chi connectivity index (χ0n) is 11.7. The van der Waals surface area contributed by atoms with Gasteiger partial charge in [0.1, 0.15) is 0 Å². The quantitative estimate of drug-likeness (QED) is 0.825. The van der Waals surface area contributed by atoms with Gasteiger partial charge in [-0.1, -0.05) is 11.6 Å². The fraction of sp³-hybridized carbons (Fsp3) is 0.571. The van der Waals surface area contributed by atoms with Crippen molar-refractivity contribution in [1.82, 2.24) is 5.32 Å². The Morgan fingerprint density at radius 2 is 2.11 bits per heavy atom. The van der Waals surface area contributed by atoms with Gasteiger partial charge in [0.2, 0.25) is 0 Å². The van der Waals surface area contributed by atoms with Crippen LogP contribution in [-0.2, 0) is 11.3 Å². The van der Waals surface area contributed by atoms with Crippen molar-refractivity contribution in [2.75, 3.05) is 32.1 Å².